The molecule has 0 radical (unpaired) electrons. The first-order valence-corrected chi connectivity index (χ1v) is 4.81. The third kappa shape index (κ3) is 3.05. The van der Waals surface area contributed by atoms with E-state index < -0.39 is 0 Å². The van der Waals surface area contributed by atoms with Crippen LogP contribution in [0, 0.1) is 6.92 Å². The summed E-state index contributed by atoms with van der Waals surface area (Å²) in [7, 11) is 1.89. The molecule has 1 N–H and O–H groups in total. The van der Waals surface area contributed by atoms with E-state index in [4.69, 9.17) is 4.74 Å². The van der Waals surface area contributed by atoms with E-state index in [9.17, 15) is 0 Å². The number of nitrogens with zero attached hydrogens (tertiary/aromatic N) is 2. The molecule has 0 aliphatic rings. The number of ether oxygens (including phenoxy) is 1. The lowest BCUT2D eigenvalue weighted by atomic mass is 10.2. The number of nitrogens with one attached hydrogen (secondary N) is 1. The topological polar surface area (TPSA) is 47.0 Å². The van der Waals surface area contributed by atoms with Crippen LogP contribution in [0.3, 0.4) is 0 Å². The highest BCUT2D eigenvalue weighted by atomic mass is 16.5. The molecular weight excluding hydrogens is 178 g/mol. The Bertz CT molecular complexity index is 261. The van der Waals surface area contributed by atoms with Gasteiger partial charge in [0.2, 0.25) is 0 Å². The lowest BCUT2D eigenvalue weighted by Gasteiger charge is -2.14. The second-order valence-electron chi connectivity index (χ2n) is 3.08. The van der Waals surface area contributed by atoms with Gasteiger partial charge in [0.1, 0.15) is 0 Å². The van der Waals surface area contributed by atoms with E-state index >= 15 is 0 Å². The molecule has 1 unspecified atom stereocenters. The molecule has 14 heavy (non-hydrogen) atoms. The molecule has 4 nitrogen and oxygen atoms in total. The van der Waals surface area contributed by atoms with Crippen molar-refractivity contribution in [3.05, 3.63) is 23.8 Å². The van der Waals surface area contributed by atoms with Crippen molar-refractivity contribution in [2.75, 3.05) is 20.3 Å². The molecule has 0 aromatic carbocycles. The molecule has 1 atom stereocenters. The third-order valence-electron chi connectivity index (χ3n) is 2.00. The first-order valence-electron chi connectivity index (χ1n) is 4.81. The van der Waals surface area contributed by atoms with Gasteiger partial charge in [-0.2, -0.15) is 0 Å². The van der Waals surface area contributed by atoms with Gasteiger partial charge in [-0.3, -0.25) is 9.97 Å². The van der Waals surface area contributed by atoms with Crippen molar-refractivity contribution in [2.24, 2.45) is 0 Å². The molecule has 78 valence electrons. The fourth-order valence-corrected chi connectivity index (χ4v) is 1.13. The lowest BCUT2D eigenvalue weighted by Crippen LogP contribution is -2.23. The van der Waals surface area contributed by atoms with Crippen molar-refractivity contribution >= 4 is 0 Å². The summed E-state index contributed by atoms with van der Waals surface area (Å²) in [4.78, 5) is 8.50. The zero-order chi connectivity index (χ0) is 10.4. The van der Waals surface area contributed by atoms with E-state index in [1.54, 1.807) is 12.4 Å². The van der Waals surface area contributed by atoms with Crippen molar-refractivity contribution in [3.8, 4) is 0 Å². The molecule has 0 spiro atoms. The van der Waals surface area contributed by atoms with Crippen LogP contribution in [0.5, 0.6) is 0 Å². The Morgan fingerprint density at radius 1 is 1.43 bits per heavy atom. The molecule has 0 aliphatic heterocycles. The van der Waals surface area contributed by atoms with Gasteiger partial charge in [0.05, 0.1) is 30.2 Å². The summed E-state index contributed by atoms with van der Waals surface area (Å²) in [5.41, 5.74) is 1.85. The molecule has 0 saturated carbocycles. The largest absolute Gasteiger partial charge is 0.380 e. The van der Waals surface area contributed by atoms with Crippen LogP contribution in [0.25, 0.3) is 0 Å². The van der Waals surface area contributed by atoms with E-state index in [0.717, 1.165) is 18.0 Å². The number of aromatic nitrogens is 2. The van der Waals surface area contributed by atoms with Crippen molar-refractivity contribution in [3.63, 3.8) is 0 Å². The molecule has 1 rings (SSSR count). The molecule has 4 heteroatoms. The van der Waals surface area contributed by atoms with Crippen LogP contribution < -0.4 is 5.32 Å². The Morgan fingerprint density at radius 2 is 2.21 bits per heavy atom. The van der Waals surface area contributed by atoms with Crippen LogP contribution in [0.4, 0.5) is 0 Å². The summed E-state index contributed by atoms with van der Waals surface area (Å²) < 4.78 is 5.34. The normalized spacial score (nSPS) is 12.8. The van der Waals surface area contributed by atoms with Crippen LogP contribution >= 0.6 is 0 Å². The highest BCUT2D eigenvalue weighted by molar-refractivity contribution is 5.05. The van der Waals surface area contributed by atoms with E-state index in [-0.39, 0.29) is 6.04 Å². The van der Waals surface area contributed by atoms with Gasteiger partial charge in [-0.1, -0.05) is 0 Å². The minimum atomic E-state index is 0.128. The first kappa shape index (κ1) is 11.1. The molecule has 0 saturated heterocycles. The highest BCUT2D eigenvalue weighted by Crippen LogP contribution is 2.08. The summed E-state index contributed by atoms with van der Waals surface area (Å²) in [6, 6.07) is 0.128. The molecule has 0 fully saturated rings. The Labute approximate surface area is 84.7 Å². The van der Waals surface area contributed by atoms with Gasteiger partial charge in [-0.15, -0.1) is 0 Å². The van der Waals surface area contributed by atoms with Gasteiger partial charge < -0.3 is 10.1 Å². The van der Waals surface area contributed by atoms with Gasteiger partial charge in [-0.05, 0) is 20.9 Å². The monoisotopic (exact) mass is 195 g/mol. The van der Waals surface area contributed by atoms with Gasteiger partial charge in [0, 0.05) is 12.8 Å². The van der Waals surface area contributed by atoms with Crippen LogP contribution in [-0.4, -0.2) is 30.2 Å². The molecule has 1 aromatic rings. The van der Waals surface area contributed by atoms with E-state index in [1.165, 1.54) is 0 Å². The summed E-state index contributed by atoms with van der Waals surface area (Å²) in [5, 5.41) is 3.15. The number of likely N-dealkylation sites (N-methyl/N-ethyl adjacent to an activating group) is 1. The van der Waals surface area contributed by atoms with Crippen LogP contribution in [0.15, 0.2) is 12.4 Å². The van der Waals surface area contributed by atoms with Gasteiger partial charge in [0.15, 0.2) is 0 Å². The predicted octanol–water partition coefficient (Wildman–Crippen LogP) is 1.08. The fraction of sp³-hybridized carbons (Fsp3) is 0.600. The Morgan fingerprint density at radius 3 is 2.71 bits per heavy atom. The molecule has 1 heterocycles. The minimum absolute atomic E-state index is 0.128. The highest BCUT2D eigenvalue weighted by Gasteiger charge is 2.10. The first-order chi connectivity index (χ1) is 6.77. The molecule has 0 aliphatic carbocycles. The van der Waals surface area contributed by atoms with Crippen molar-refractivity contribution in [1.29, 1.82) is 0 Å². The summed E-state index contributed by atoms with van der Waals surface area (Å²) in [6.45, 7) is 5.25. The standard InChI is InChI=1S/C10H17N3O/c1-4-14-7-10(11-3)9-6-12-8(2)5-13-9/h5-6,10-11H,4,7H2,1-3H3. The van der Waals surface area contributed by atoms with Crippen molar-refractivity contribution < 1.29 is 4.74 Å². The number of hydrogen-bond donors (Lipinski definition) is 1. The van der Waals surface area contributed by atoms with Gasteiger partial charge in [-0.25, -0.2) is 0 Å². The molecule has 0 bridgehead atoms. The van der Waals surface area contributed by atoms with Crippen molar-refractivity contribution in [1.82, 2.24) is 15.3 Å². The van der Waals surface area contributed by atoms with E-state index in [0.29, 0.717) is 6.61 Å². The van der Waals surface area contributed by atoms with Crippen LogP contribution in [0.2, 0.25) is 0 Å². The number of rotatable bonds is 5. The fourth-order valence-electron chi connectivity index (χ4n) is 1.13. The third-order valence-corrected chi connectivity index (χ3v) is 2.00. The molecule has 1 aromatic heterocycles. The SMILES string of the molecule is CCOCC(NC)c1cnc(C)cn1. The zero-order valence-electron chi connectivity index (χ0n) is 8.95. The number of aryl methyl sites for hydroxylation is 1. The summed E-state index contributed by atoms with van der Waals surface area (Å²) in [6.07, 6.45) is 3.56. The maximum Gasteiger partial charge on any atom is 0.0779 e. The second-order valence-corrected chi connectivity index (χ2v) is 3.08. The predicted molar refractivity (Wildman–Crippen MR) is 55.1 cm³/mol. The lowest BCUT2D eigenvalue weighted by molar-refractivity contribution is 0.124. The summed E-state index contributed by atoms with van der Waals surface area (Å²) >= 11 is 0. The van der Waals surface area contributed by atoms with Crippen molar-refractivity contribution in [2.45, 2.75) is 19.9 Å². The average molecular weight is 195 g/mol. The quantitative estimate of drug-likeness (QED) is 0.763. The van der Waals surface area contributed by atoms with E-state index in [2.05, 4.69) is 15.3 Å². The van der Waals surface area contributed by atoms with Crippen LogP contribution in [-0.2, 0) is 4.74 Å². The smallest absolute Gasteiger partial charge is 0.0779 e. The summed E-state index contributed by atoms with van der Waals surface area (Å²) in [5.74, 6) is 0. The Balaban J connectivity index is 2.64. The Kier molecular flexibility index (Phi) is 4.49. The van der Waals surface area contributed by atoms with Crippen LogP contribution in [0.1, 0.15) is 24.4 Å². The Hall–Kier alpha value is -1.00. The number of hydrogen-bond acceptors (Lipinski definition) is 4. The maximum atomic E-state index is 5.34. The maximum absolute atomic E-state index is 5.34. The second kappa shape index (κ2) is 5.67. The molecule has 0 amide bonds. The zero-order valence-corrected chi connectivity index (χ0v) is 8.95. The van der Waals surface area contributed by atoms with E-state index in [1.807, 2.05) is 20.9 Å². The van der Waals surface area contributed by atoms with Gasteiger partial charge >= 0.3 is 0 Å². The minimum Gasteiger partial charge on any atom is -0.380 e. The average Bonchev–Trinajstić information content (AvgIpc) is 2.21. The molecular formula is C10H17N3O. The van der Waals surface area contributed by atoms with Gasteiger partial charge in [0.25, 0.3) is 0 Å².